The number of fused-ring (bicyclic) bond motifs is 1. The highest BCUT2D eigenvalue weighted by Gasteiger charge is 2.28. The first kappa shape index (κ1) is 13.0. The fourth-order valence-electron chi connectivity index (χ4n) is 2.33. The normalized spacial score (nSPS) is 21.2. The zero-order valence-electron chi connectivity index (χ0n) is 10.3. The van der Waals surface area contributed by atoms with Crippen molar-refractivity contribution >= 4 is 0 Å². The van der Waals surface area contributed by atoms with Gasteiger partial charge in [0.25, 0.3) is 0 Å². The van der Waals surface area contributed by atoms with E-state index in [9.17, 15) is 18.3 Å². The van der Waals surface area contributed by atoms with Crippen molar-refractivity contribution in [3.05, 3.63) is 65.0 Å². The van der Waals surface area contributed by atoms with Crippen LogP contribution in [0.15, 0.2) is 36.4 Å². The Bertz CT molecular complexity index is 658. The second-order valence-electron chi connectivity index (χ2n) is 4.71. The maximum atomic E-state index is 13.2. The summed E-state index contributed by atoms with van der Waals surface area (Å²) in [5, 5.41) is 10.0. The second-order valence-corrected chi connectivity index (χ2v) is 4.71. The van der Waals surface area contributed by atoms with Crippen LogP contribution in [-0.4, -0.2) is 5.11 Å². The van der Waals surface area contributed by atoms with E-state index in [-0.39, 0.29) is 6.42 Å². The second kappa shape index (κ2) is 4.83. The van der Waals surface area contributed by atoms with Crippen LogP contribution >= 0.6 is 0 Å². The maximum Gasteiger partial charge on any atom is 0.159 e. The smallest absolute Gasteiger partial charge is 0.159 e. The van der Waals surface area contributed by atoms with E-state index in [4.69, 9.17) is 4.74 Å². The zero-order chi connectivity index (χ0) is 14.3. The summed E-state index contributed by atoms with van der Waals surface area (Å²) >= 11 is 0. The molecule has 5 heteroatoms. The monoisotopic (exact) mass is 280 g/mol. The molecule has 1 N–H and O–H groups in total. The summed E-state index contributed by atoms with van der Waals surface area (Å²) < 4.78 is 44.9. The predicted octanol–water partition coefficient (Wildman–Crippen LogP) is 3.66. The Hall–Kier alpha value is -2.01. The molecule has 20 heavy (non-hydrogen) atoms. The highest BCUT2D eigenvalue weighted by Crippen LogP contribution is 2.41. The Labute approximate surface area is 113 Å². The van der Waals surface area contributed by atoms with Crippen LogP contribution in [0.4, 0.5) is 13.2 Å². The molecule has 0 spiro atoms. The molecule has 0 fully saturated rings. The summed E-state index contributed by atoms with van der Waals surface area (Å²) in [6, 6.07) is 7.31. The van der Waals surface area contributed by atoms with E-state index in [0.717, 1.165) is 12.1 Å². The van der Waals surface area contributed by atoms with Crippen molar-refractivity contribution in [1.29, 1.82) is 0 Å². The molecule has 2 unspecified atom stereocenters. The molecule has 0 radical (unpaired) electrons. The SMILES string of the molecule is OC1CC(c2ccc(F)c(F)c2)Oc2ccc(F)cc21. The standard InChI is InChI=1S/C15H11F3O2/c16-9-2-4-14-10(6-9)13(19)7-15(20-14)8-1-3-11(17)12(18)5-8/h1-6,13,15,19H,7H2. The highest BCUT2D eigenvalue weighted by atomic mass is 19.2. The number of rotatable bonds is 1. The average Bonchev–Trinajstić information content (AvgIpc) is 2.42. The number of hydrogen-bond acceptors (Lipinski definition) is 2. The summed E-state index contributed by atoms with van der Waals surface area (Å²) in [5.41, 5.74) is 0.793. The lowest BCUT2D eigenvalue weighted by atomic mass is 9.95. The van der Waals surface area contributed by atoms with E-state index in [1.807, 2.05) is 0 Å². The van der Waals surface area contributed by atoms with Crippen molar-refractivity contribution in [2.24, 2.45) is 0 Å². The van der Waals surface area contributed by atoms with Crippen molar-refractivity contribution < 1.29 is 23.0 Å². The van der Waals surface area contributed by atoms with Gasteiger partial charge in [0.1, 0.15) is 17.7 Å². The Morgan fingerprint density at radius 2 is 1.80 bits per heavy atom. The van der Waals surface area contributed by atoms with Crippen molar-refractivity contribution in [3.8, 4) is 5.75 Å². The van der Waals surface area contributed by atoms with Gasteiger partial charge in [0.15, 0.2) is 11.6 Å². The molecule has 3 rings (SSSR count). The van der Waals surface area contributed by atoms with Crippen LogP contribution in [0.25, 0.3) is 0 Å². The first-order valence-electron chi connectivity index (χ1n) is 6.13. The summed E-state index contributed by atoms with van der Waals surface area (Å²) in [6.07, 6.45) is -1.35. The van der Waals surface area contributed by atoms with Crippen LogP contribution in [0, 0.1) is 17.5 Å². The van der Waals surface area contributed by atoms with Crippen molar-refractivity contribution in [1.82, 2.24) is 0 Å². The maximum absolute atomic E-state index is 13.2. The molecular weight excluding hydrogens is 269 g/mol. The third-order valence-electron chi connectivity index (χ3n) is 3.35. The summed E-state index contributed by atoms with van der Waals surface area (Å²) in [4.78, 5) is 0. The fraction of sp³-hybridized carbons (Fsp3) is 0.200. The lowest BCUT2D eigenvalue weighted by Crippen LogP contribution is -2.19. The van der Waals surface area contributed by atoms with Crippen molar-refractivity contribution in [3.63, 3.8) is 0 Å². The number of halogens is 3. The van der Waals surface area contributed by atoms with E-state index in [2.05, 4.69) is 0 Å². The third kappa shape index (κ3) is 2.25. The average molecular weight is 280 g/mol. The lowest BCUT2D eigenvalue weighted by molar-refractivity contribution is 0.0651. The van der Waals surface area contributed by atoms with Gasteiger partial charge < -0.3 is 9.84 Å². The number of benzene rings is 2. The largest absolute Gasteiger partial charge is 0.485 e. The molecule has 0 aromatic heterocycles. The Morgan fingerprint density at radius 1 is 1.00 bits per heavy atom. The zero-order valence-corrected chi connectivity index (χ0v) is 10.3. The van der Waals surface area contributed by atoms with Crippen molar-refractivity contribution in [2.45, 2.75) is 18.6 Å². The molecule has 0 aliphatic carbocycles. The number of aliphatic hydroxyl groups is 1. The van der Waals surface area contributed by atoms with Gasteiger partial charge in [-0.25, -0.2) is 13.2 Å². The van der Waals surface area contributed by atoms with Gasteiger partial charge >= 0.3 is 0 Å². The van der Waals surface area contributed by atoms with E-state index in [1.165, 1.54) is 24.3 Å². The Morgan fingerprint density at radius 3 is 2.55 bits per heavy atom. The van der Waals surface area contributed by atoms with E-state index >= 15 is 0 Å². The molecule has 1 aliphatic rings. The van der Waals surface area contributed by atoms with Crippen LogP contribution in [0.1, 0.15) is 29.8 Å². The summed E-state index contributed by atoms with van der Waals surface area (Å²) in [6.45, 7) is 0. The van der Waals surface area contributed by atoms with Crippen molar-refractivity contribution in [2.75, 3.05) is 0 Å². The minimum absolute atomic E-state index is 0.154. The molecule has 2 aromatic carbocycles. The molecule has 0 saturated heterocycles. The topological polar surface area (TPSA) is 29.5 Å². The van der Waals surface area contributed by atoms with Gasteiger partial charge in [0.05, 0.1) is 6.10 Å². The molecule has 104 valence electrons. The van der Waals surface area contributed by atoms with E-state index in [0.29, 0.717) is 16.9 Å². The van der Waals surface area contributed by atoms with Crippen LogP contribution in [0.2, 0.25) is 0 Å². The number of aliphatic hydroxyl groups excluding tert-OH is 1. The number of hydrogen-bond donors (Lipinski definition) is 1. The Kier molecular flexibility index (Phi) is 3.14. The van der Waals surface area contributed by atoms with Crippen LogP contribution < -0.4 is 4.74 Å². The van der Waals surface area contributed by atoms with Gasteiger partial charge in [0, 0.05) is 12.0 Å². The van der Waals surface area contributed by atoms with Gasteiger partial charge in [-0.15, -0.1) is 0 Å². The summed E-state index contributed by atoms with van der Waals surface area (Å²) in [7, 11) is 0. The van der Waals surface area contributed by atoms with Gasteiger partial charge in [-0.1, -0.05) is 6.07 Å². The predicted molar refractivity (Wildman–Crippen MR) is 65.7 cm³/mol. The molecule has 2 aromatic rings. The molecule has 1 heterocycles. The molecular formula is C15H11F3O2. The van der Waals surface area contributed by atoms with E-state index in [1.54, 1.807) is 0 Å². The first-order valence-corrected chi connectivity index (χ1v) is 6.13. The molecule has 0 amide bonds. The molecule has 2 atom stereocenters. The molecule has 0 bridgehead atoms. The van der Waals surface area contributed by atoms with E-state index < -0.39 is 29.7 Å². The van der Waals surface area contributed by atoms with Gasteiger partial charge in [0.2, 0.25) is 0 Å². The van der Waals surface area contributed by atoms with Crippen LogP contribution in [0.5, 0.6) is 5.75 Å². The van der Waals surface area contributed by atoms with Gasteiger partial charge in [-0.3, -0.25) is 0 Å². The summed E-state index contributed by atoms with van der Waals surface area (Å²) in [5.74, 6) is -2.02. The quantitative estimate of drug-likeness (QED) is 0.863. The minimum Gasteiger partial charge on any atom is -0.485 e. The molecule has 0 saturated carbocycles. The highest BCUT2D eigenvalue weighted by molar-refractivity contribution is 5.39. The lowest BCUT2D eigenvalue weighted by Gasteiger charge is -2.30. The third-order valence-corrected chi connectivity index (χ3v) is 3.35. The number of ether oxygens (including phenoxy) is 1. The van der Waals surface area contributed by atoms with Crippen LogP contribution in [-0.2, 0) is 0 Å². The van der Waals surface area contributed by atoms with Gasteiger partial charge in [-0.2, -0.15) is 0 Å². The minimum atomic E-state index is -0.967. The van der Waals surface area contributed by atoms with Gasteiger partial charge in [-0.05, 0) is 35.9 Å². The molecule has 2 nitrogen and oxygen atoms in total. The molecule has 1 aliphatic heterocycles. The fourth-order valence-corrected chi connectivity index (χ4v) is 2.33. The Balaban J connectivity index is 1.94. The van der Waals surface area contributed by atoms with Crippen LogP contribution in [0.3, 0.4) is 0 Å². The first-order chi connectivity index (χ1) is 9.54.